The maximum absolute atomic E-state index is 12.4. The van der Waals surface area contributed by atoms with Crippen LogP contribution < -0.4 is 4.90 Å². The summed E-state index contributed by atoms with van der Waals surface area (Å²) in [6, 6.07) is 5.73. The van der Waals surface area contributed by atoms with Gasteiger partial charge in [0.2, 0.25) is 0 Å². The highest BCUT2D eigenvalue weighted by Gasteiger charge is 2.27. The van der Waals surface area contributed by atoms with Crippen LogP contribution in [0.5, 0.6) is 0 Å². The zero-order valence-corrected chi connectivity index (χ0v) is 15.4. The number of hydrogen-bond acceptors (Lipinski definition) is 5. The Morgan fingerprint density at radius 1 is 1.32 bits per heavy atom. The summed E-state index contributed by atoms with van der Waals surface area (Å²) < 4.78 is 5.23. The maximum atomic E-state index is 12.4. The van der Waals surface area contributed by atoms with Crippen molar-refractivity contribution in [2.45, 2.75) is 45.6 Å². The van der Waals surface area contributed by atoms with Gasteiger partial charge in [-0.05, 0) is 31.9 Å². The number of carbonyl (C=O) groups is 1. The lowest BCUT2D eigenvalue weighted by Crippen LogP contribution is -2.45. The lowest BCUT2D eigenvalue weighted by molar-refractivity contribution is 0.0677. The van der Waals surface area contributed by atoms with Gasteiger partial charge in [-0.25, -0.2) is 9.97 Å². The van der Waals surface area contributed by atoms with Crippen LogP contribution in [0.2, 0.25) is 0 Å². The molecule has 1 aliphatic rings. The molecule has 1 amide bonds. The fraction of sp³-hybridized carbons (Fsp3) is 0.526. The van der Waals surface area contributed by atoms with Gasteiger partial charge in [0.15, 0.2) is 5.76 Å². The molecule has 1 aliphatic heterocycles. The SMILES string of the molecule is Cc1cc(N2CCC(N(C)C(=O)c3ccco3)CC2)nc(C(C)C)n1. The van der Waals surface area contributed by atoms with Gasteiger partial charge in [0, 0.05) is 43.9 Å². The van der Waals surface area contributed by atoms with Crippen LogP contribution in [0.15, 0.2) is 28.9 Å². The Morgan fingerprint density at radius 2 is 2.04 bits per heavy atom. The van der Waals surface area contributed by atoms with Crippen LogP contribution in [-0.4, -0.2) is 47.0 Å². The summed E-state index contributed by atoms with van der Waals surface area (Å²) in [7, 11) is 1.86. The van der Waals surface area contributed by atoms with Crippen molar-refractivity contribution in [3.63, 3.8) is 0 Å². The monoisotopic (exact) mass is 342 g/mol. The van der Waals surface area contributed by atoms with Crippen LogP contribution in [-0.2, 0) is 0 Å². The van der Waals surface area contributed by atoms with Crippen molar-refractivity contribution in [2.75, 3.05) is 25.0 Å². The second-order valence-electron chi connectivity index (χ2n) is 6.99. The van der Waals surface area contributed by atoms with Gasteiger partial charge in [0.25, 0.3) is 5.91 Å². The highest BCUT2D eigenvalue weighted by molar-refractivity contribution is 5.91. The molecule has 0 saturated carbocycles. The van der Waals surface area contributed by atoms with E-state index in [2.05, 4.69) is 23.7 Å². The normalized spacial score (nSPS) is 15.6. The molecule has 6 heteroatoms. The van der Waals surface area contributed by atoms with Gasteiger partial charge in [-0.1, -0.05) is 13.8 Å². The van der Waals surface area contributed by atoms with Crippen molar-refractivity contribution >= 4 is 11.7 Å². The highest BCUT2D eigenvalue weighted by Crippen LogP contribution is 2.23. The first-order chi connectivity index (χ1) is 12.0. The third-order valence-electron chi connectivity index (χ3n) is 4.76. The van der Waals surface area contributed by atoms with E-state index in [1.807, 2.05) is 20.0 Å². The van der Waals surface area contributed by atoms with Crippen molar-refractivity contribution in [1.82, 2.24) is 14.9 Å². The Hall–Kier alpha value is -2.37. The molecule has 25 heavy (non-hydrogen) atoms. The second kappa shape index (κ2) is 7.25. The average Bonchev–Trinajstić information content (AvgIpc) is 3.14. The average molecular weight is 342 g/mol. The van der Waals surface area contributed by atoms with Crippen molar-refractivity contribution in [1.29, 1.82) is 0 Å². The minimum atomic E-state index is -0.0524. The largest absolute Gasteiger partial charge is 0.459 e. The molecule has 0 spiro atoms. The topological polar surface area (TPSA) is 62.5 Å². The van der Waals surface area contributed by atoms with Crippen LogP contribution in [0.3, 0.4) is 0 Å². The van der Waals surface area contributed by atoms with E-state index in [9.17, 15) is 4.79 Å². The van der Waals surface area contributed by atoms with E-state index in [4.69, 9.17) is 9.40 Å². The Morgan fingerprint density at radius 3 is 2.64 bits per heavy atom. The first-order valence-corrected chi connectivity index (χ1v) is 8.87. The molecule has 0 bridgehead atoms. The van der Waals surface area contributed by atoms with Crippen molar-refractivity contribution in [3.05, 3.63) is 41.7 Å². The van der Waals surface area contributed by atoms with Gasteiger partial charge in [0.1, 0.15) is 11.6 Å². The number of rotatable bonds is 4. The van der Waals surface area contributed by atoms with Crippen molar-refractivity contribution < 1.29 is 9.21 Å². The van der Waals surface area contributed by atoms with E-state index in [0.717, 1.165) is 43.3 Å². The number of aromatic nitrogens is 2. The third-order valence-corrected chi connectivity index (χ3v) is 4.76. The molecule has 1 saturated heterocycles. The first-order valence-electron chi connectivity index (χ1n) is 8.87. The van der Waals surface area contributed by atoms with E-state index in [0.29, 0.717) is 11.7 Å². The molecule has 0 atom stereocenters. The molecule has 3 heterocycles. The predicted octanol–water partition coefficient (Wildman–Crippen LogP) is 3.24. The number of furan rings is 1. The highest BCUT2D eigenvalue weighted by atomic mass is 16.3. The molecule has 3 rings (SSSR count). The quantitative estimate of drug-likeness (QED) is 0.853. The van der Waals surface area contributed by atoms with Crippen LogP contribution >= 0.6 is 0 Å². The molecule has 134 valence electrons. The van der Waals surface area contributed by atoms with Gasteiger partial charge in [-0.15, -0.1) is 0 Å². The lowest BCUT2D eigenvalue weighted by Gasteiger charge is -2.37. The minimum Gasteiger partial charge on any atom is -0.459 e. The van der Waals surface area contributed by atoms with E-state index in [1.165, 1.54) is 6.26 Å². The number of amides is 1. The molecule has 0 aliphatic carbocycles. The maximum Gasteiger partial charge on any atom is 0.289 e. The number of hydrogen-bond donors (Lipinski definition) is 0. The molecule has 1 fully saturated rings. The predicted molar refractivity (Wildman–Crippen MR) is 96.9 cm³/mol. The van der Waals surface area contributed by atoms with Crippen molar-refractivity contribution in [3.8, 4) is 0 Å². The summed E-state index contributed by atoms with van der Waals surface area (Å²) in [5.74, 6) is 2.55. The fourth-order valence-electron chi connectivity index (χ4n) is 3.22. The molecule has 2 aromatic rings. The Kier molecular flexibility index (Phi) is 5.06. The Labute approximate surface area is 148 Å². The van der Waals surface area contributed by atoms with E-state index in [1.54, 1.807) is 17.0 Å². The van der Waals surface area contributed by atoms with E-state index < -0.39 is 0 Å². The summed E-state index contributed by atoms with van der Waals surface area (Å²) in [6.45, 7) is 8.00. The summed E-state index contributed by atoms with van der Waals surface area (Å²) in [6.07, 6.45) is 3.37. The molecule has 6 nitrogen and oxygen atoms in total. The van der Waals surface area contributed by atoms with E-state index >= 15 is 0 Å². The van der Waals surface area contributed by atoms with Gasteiger partial charge in [-0.2, -0.15) is 0 Å². The molecule has 0 radical (unpaired) electrons. The lowest BCUT2D eigenvalue weighted by atomic mass is 10.0. The molecule has 0 aromatic carbocycles. The zero-order valence-electron chi connectivity index (χ0n) is 15.4. The Bertz CT molecular complexity index is 719. The molecular formula is C19H26N4O2. The van der Waals surface area contributed by atoms with Gasteiger partial charge in [0.05, 0.1) is 6.26 Å². The van der Waals surface area contributed by atoms with Crippen molar-refractivity contribution in [2.24, 2.45) is 0 Å². The summed E-state index contributed by atoms with van der Waals surface area (Å²) in [5, 5.41) is 0. The number of aryl methyl sites for hydroxylation is 1. The van der Waals surface area contributed by atoms with Crippen LogP contribution in [0, 0.1) is 6.92 Å². The molecule has 2 aromatic heterocycles. The minimum absolute atomic E-state index is 0.0524. The van der Waals surface area contributed by atoms with Crippen LogP contribution in [0.4, 0.5) is 5.82 Å². The standard InChI is InChI=1S/C19H26N4O2/c1-13(2)18-20-14(3)12-17(21-18)23-9-7-15(8-10-23)22(4)19(24)16-6-5-11-25-16/h5-6,11-13,15H,7-10H2,1-4H3. The molecule has 0 unspecified atom stereocenters. The number of carbonyl (C=O) groups excluding carboxylic acids is 1. The van der Waals surface area contributed by atoms with E-state index in [-0.39, 0.29) is 11.9 Å². The summed E-state index contributed by atoms with van der Waals surface area (Å²) in [5.41, 5.74) is 1.00. The van der Waals surface area contributed by atoms with Crippen LogP contribution in [0.25, 0.3) is 0 Å². The Balaban J connectivity index is 1.65. The first kappa shape index (κ1) is 17.5. The molecular weight excluding hydrogens is 316 g/mol. The van der Waals surface area contributed by atoms with Gasteiger partial charge in [-0.3, -0.25) is 4.79 Å². The second-order valence-corrected chi connectivity index (χ2v) is 6.99. The fourth-order valence-corrected chi connectivity index (χ4v) is 3.22. The number of piperidine rings is 1. The summed E-state index contributed by atoms with van der Waals surface area (Å²) >= 11 is 0. The number of nitrogens with zero attached hydrogens (tertiary/aromatic N) is 4. The smallest absolute Gasteiger partial charge is 0.289 e. The van der Waals surface area contributed by atoms with Crippen LogP contribution in [0.1, 0.15) is 54.7 Å². The van der Waals surface area contributed by atoms with Gasteiger partial charge < -0.3 is 14.2 Å². The molecule has 0 N–H and O–H groups in total. The third kappa shape index (κ3) is 3.83. The van der Waals surface area contributed by atoms with Gasteiger partial charge >= 0.3 is 0 Å². The zero-order chi connectivity index (χ0) is 18.0. The number of anilines is 1. The summed E-state index contributed by atoms with van der Waals surface area (Å²) in [4.78, 5) is 25.8.